The largest absolute Gasteiger partial charge is 0.508 e. The summed E-state index contributed by atoms with van der Waals surface area (Å²) in [5, 5.41) is 23.7. The molecule has 1 N–H and O–H groups in total. The van der Waals surface area contributed by atoms with Crippen LogP contribution in [0, 0.1) is 11.3 Å². The maximum atomic E-state index is 10.3. The maximum absolute atomic E-state index is 10.3. The Morgan fingerprint density at radius 2 is 2.12 bits per heavy atom. The lowest BCUT2D eigenvalue weighted by Gasteiger charge is -2.10. The van der Waals surface area contributed by atoms with E-state index in [0.717, 1.165) is 28.1 Å². The van der Waals surface area contributed by atoms with Crippen molar-refractivity contribution in [3.8, 4) is 34.3 Å². The lowest BCUT2D eigenvalue weighted by Crippen LogP contribution is -1.97. The Hall–Kier alpha value is -3.20. The normalized spacial score (nSPS) is 10.8. The Labute approximate surface area is 146 Å². The Bertz CT molecular complexity index is 909. The van der Waals surface area contributed by atoms with Gasteiger partial charge in [0.2, 0.25) is 0 Å². The highest BCUT2D eigenvalue weighted by atomic mass is 16.3. The van der Waals surface area contributed by atoms with Gasteiger partial charge in [0.05, 0.1) is 24.7 Å². The second-order valence-electron chi connectivity index (χ2n) is 6.09. The van der Waals surface area contributed by atoms with Crippen LogP contribution in [0.2, 0.25) is 0 Å². The molecule has 0 aliphatic heterocycles. The summed E-state index contributed by atoms with van der Waals surface area (Å²) >= 11 is 0. The van der Waals surface area contributed by atoms with Gasteiger partial charge in [0.1, 0.15) is 17.8 Å². The summed E-state index contributed by atoms with van der Waals surface area (Å²) in [6.07, 6.45) is 5.42. The lowest BCUT2D eigenvalue weighted by atomic mass is 9.98. The summed E-state index contributed by atoms with van der Waals surface area (Å²) in [6.45, 7) is 4.58. The van der Waals surface area contributed by atoms with Gasteiger partial charge in [0.25, 0.3) is 0 Å². The van der Waals surface area contributed by atoms with E-state index in [1.165, 1.54) is 6.33 Å². The Morgan fingerprint density at radius 1 is 1.28 bits per heavy atom. The third kappa shape index (κ3) is 3.50. The quantitative estimate of drug-likeness (QED) is 0.768. The first-order valence-electron chi connectivity index (χ1n) is 8.14. The van der Waals surface area contributed by atoms with E-state index in [0.29, 0.717) is 13.0 Å². The number of rotatable bonds is 5. The van der Waals surface area contributed by atoms with Crippen LogP contribution in [-0.4, -0.2) is 24.9 Å². The van der Waals surface area contributed by atoms with Crippen molar-refractivity contribution in [1.29, 1.82) is 5.26 Å². The Kier molecular flexibility index (Phi) is 4.75. The van der Waals surface area contributed by atoms with Crippen LogP contribution in [0.15, 0.2) is 43.0 Å². The average Bonchev–Trinajstić information content (AvgIpc) is 3.04. The fraction of sp³-hybridized carbons (Fsp3) is 0.263. The van der Waals surface area contributed by atoms with E-state index < -0.39 is 0 Å². The molecule has 2 heterocycles. The zero-order chi connectivity index (χ0) is 17.8. The van der Waals surface area contributed by atoms with Crippen molar-refractivity contribution in [2.24, 2.45) is 0 Å². The molecule has 2 aromatic heterocycles. The molecule has 3 rings (SSSR count). The molecular weight excluding hydrogens is 314 g/mol. The number of phenols is 1. The fourth-order valence-electron chi connectivity index (χ4n) is 2.73. The Balaban J connectivity index is 2.09. The summed E-state index contributed by atoms with van der Waals surface area (Å²) < 4.78 is 1.74. The molecule has 0 atom stereocenters. The highest BCUT2D eigenvalue weighted by molar-refractivity contribution is 5.79. The van der Waals surface area contributed by atoms with Crippen LogP contribution in [0.3, 0.4) is 0 Å². The van der Waals surface area contributed by atoms with Crippen LogP contribution < -0.4 is 0 Å². The van der Waals surface area contributed by atoms with Gasteiger partial charge in [-0.1, -0.05) is 26.0 Å². The topological polar surface area (TPSA) is 87.6 Å². The first-order chi connectivity index (χ1) is 12.1. The smallest absolute Gasteiger partial charge is 0.119 e. The predicted molar refractivity (Wildman–Crippen MR) is 94.7 cm³/mol. The average molecular weight is 333 g/mol. The summed E-state index contributed by atoms with van der Waals surface area (Å²) in [6, 6.07) is 9.56. The molecule has 0 fully saturated rings. The molecule has 126 valence electrons. The summed E-state index contributed by atoms with van der Waals surface area (Å²) in [7, 11) is 0. The van der Waals surface area contributed by atoms with Gasteiger partial charge in [-0.3, -0.25) is 4.68 Å². The minimum Gasteiger partial charge on any atom is -0.508 e. The van der Waals surface area contributed by atoms with Crippen LogP contribution in [0.1, 0.15) is 31.7 Å². The number of nitrogens with zero attached hydrogens (tertiary/aromatic N) is 5. The van der Waals surface area contributed by atoms with Gasteiger partial charge < -0.3 is 5.11 Å². The molecular formula is C19H19N5O. The molecule has 0 aliphatic rings. The van der Waals surface area contributed by atoms with Crippen LogP contribution in [0.5, 0.6) is 5.75 Å². The van der Waals surface area contributed by atoms with Crippen molar-refractivity contribution < 1.29 is 5.11 Å². The Morgan fingerprint density at radius 3 is 2.76 bits per heavy atom. The zero-order valence-corrected chi connectivity index (χ0v) is 14.2. The van der Waals surface area contributed by atoms with E-state index in [1.54, 1.807) is 16.9 Å². The second kappa shape index (κ2) is 7.14. The molecule has 6 nitrogen and oxygen atoms in total. The molecule has 0 bridgehead atoms. The van der Waals surface area contributed by atoms with Crippen LogP contribution in [-0.2, 0) is 6.54 Å². The van der Waals surface area contributed by atoms with Gasteiger partial charge in [-0.05, 0) is 23.6 Å². The van der Waals surface area contributed by atoms with Crippen LogP contribution in [0.25, 0.3) is 22.5 Å². The number of aromatic nitrogens is 4. The van der Waals surface area contributed by atoms with E-state index in [1.807, 2.05) is 38.2 Å². The molecule has 1 aromatic carbocycles. The lowest BCUT2D eigenvalue weighted by molar-refractivity contribution is 0.465. The van der Waals surface area contributed by atoms with Crippen molar-refractivity contribution in [2.45, 2.75) is 32.7 Å². The summed E-state index contributed by atoms with van der Waals surface area (Å²) in [5.74, 6) is 0.497. The standard InChI is InChI=1S/C19H19N5O/c1-13(2)15-5-4-14(10-18(15)25)19-16(17-6-8-21-12-22-17)11-24(23-19)9-3-7-20/h4-6,8,10-13,25H,3,9H2,1-2H3. The number of phenolic OH excluding ortho intramolecular Hbond substituents is 1. The molecule has 0 saturated heterocycles. The minimum absolute atomic E-state index is 0.239. The first-order valence-corrected chi connectivity index (χ1v) is 8.14. The first kappa shape index (κ1) is 16.7. The summed E-state index contributed by atoms with van der Waals surface area (Å²) in [5.41, 5.74) is 4.03. The SMILES string of the molecule is CC(C)c1ccc(-c2nn(CCC#N)cc2-c2ccncn2)cc1O. The highest BCUT2D eigenvalue weighted by Gasteiger charge is 2.16. The number of benzene rings is 1. The predicted octanol–water partition coefficient (Wildman–Crippen LogP) is 3.75. The fourth-order valence-corrected chi connectivity index (χ4v) is 2.73. The van der Waals surface area contributed by atoms with Crippen molar-refractivity contribution in [2.75, 3.05) is 0 Å². The van der Waals surface area contributed by atoms with E-state index in [4.69, 9.17) is 5.26 Å². The maximum Gasteiger partial charge on any atom is 0.119 e. The summed E-state index contributed by atoms with van der Waals surface area (Å²) in [4.78, 5) is 8.26. The molecule has 3 aromatic rings. The molecule has 0 radical (unpaired) electrons. The third-order valence-corrected chi connectivity index (χ3v) is 4.00. The van der Waals surface area contributed by atoms with Crippen molar-refractivity contribution in [3.63, 3.8) is 0 Å². The molecule has 0 saturated carbocycles. The molecule has 6 heteroatoms. The van der Waals surface area contributed by atoms with Gasteiger partial charge in [0.15, 0.2) is 0 Å². The number of hydrogen-bond acceptors (Lipinski definition) is 5. The third-order valence-electron chi connectivity index (χ3n) is 4.00. The van der Waals surface area contributed by atoms with E-state index in [9.17, 15) is 5.11 Å². The number of nitriles is 1. The van der Waals surface area contributed by atoms with E-state index in [-0.39, 0.29) is 11.7 Å². The number of aromatic hydroxyl groups is 1. The number of aryl methyl sites for hydroxylation is 1. The van der Waals surface area contributed by atoms with E-state index >= 15 is 0 Å². The van der Waals surface area contributed by atoms with Gasteiger partial charge in [0, 0.05) is 23.5 Å². The van der Waals surface area contributed by atoms with Gasteiger partial charge in [-0.15, -0.1) is 0 Å². The van der Waals surface area contributed by atoms with Gasteiger partial charge >= 0.3 is 0 Å². The molecule has 0 amide bonds. The molecule has 0 spiro atoms. The van der Waals surface area contributed by atoms with E-state index in [2.05, 4.69) is 21.1 Å². The molecule has 25 heavy (non-hydrogen) atoms. The monoisotopic (exact) mass is 333 g/mol. The second-order valence-corrected chi connectivity index (χ2v) is 6.09. The van der Waals surface area contributed by atoms with Crippen LogP contribution in [0.4, 0.5) is 0 Å². The van der Waals surface area contributed by atoms with Gasteiger partial charge in [-0.2, -0.15) is 10.4 Å². The zero-order valence-electron chi connectivity index (χ0n) is 14.2. The molecule has 0 aliphatic carbocycles. The minimum atomic E-state index is 0.239. The molecule has 0 unspecified atom stereocenters. The van der Waals surface area contributed by atoms with Crippen molar-refractivity contribution in [3.05, 3.63) is 48.5 Å². The van der Waals surface area contributed by atoms with Crippen molar-refractivity contribution >= 4 is 0 Å². The van der Waals surface area contributed by atoms with Crippen LogP contribution >= 0.6 is 0 Å². The highest BCUT2D eigenvalue weighted by Crippen LogP contribution is 2.34. The van der Waals surface area contributed by atoms with Gasteiger partial charge in [-0.25, -0.2) is 9.97 Å². The number of hydrogen-bond donors (Lipinski definition) is 1. The van der Waals surface area contributed by atoms with Crippen molar-refractivity contribution in [1.82, 2.24) is 19.7 Å².